The first-order valence-electron chi connectivity index (χ1n) is 6.86. The first kappa shape index (κ1) is 16.3. The van der Waals surface area contributed by atoms with E-state index in [0.717, 1.165) is 12.4 Å². The average molecular weight is 246 g/mol. The van der Waals surface area contributed by atoms with Crippen LogP contribution in [0.1, 0.15) is 66.2 Å². The number of rotatable bonds is 10. The Kier molecular flexibility index (Phi) is 9.53. The fourth-order valence-corrected chi connectivity index (χ4v) is 2.75. The minimum absolute atomic E-state index is 0.314. The largest absolute Gasteiger partial charge is 0.378 e. The molecule has 2 heteroatoms. The van der Waals surface area contributed by atoms with Gasteiger partial charge in [-0.2, -0.15) is 12.6 Å². The van der Waals surface area contributed by atoms with Crippen LogP contribution in [0.3, 0.4) is 0 Å². The molecule has 16 heavy (non-hydrogen) atoms. The van der Waals surface area contributed by atoms with Crippen molar-refractivity contribution >= 4 is 12.6 Å². The maximum Gasteiger partial charge on any atom is 0.0547 e. The van der Waals surface area contributed by atoms with Crippen LogP contribution in [0.5, 0.6) is 0 Å². The molecule has 1 nitrogen and oxygen atoms in total. The average Bonchev–Trinajstić information content (AvgIpc) is 2.27. The molecule has 0 bridgehead atoms. The van der Waals surface area contributed by atoms with Gasteiger partial charge in [-0.3, -0.25) is 0 Å². The third-order valence-electron chi connectivity index (χ3n) is 3.27. The number of hydrogen-bond acceptors (Lipinski definition) is 2. The molecule has 1 unspecified atom stereocenters. The molecule has 0 rings (SSSR count). The molecule has 0 fully saturated rings. The smallest absolute Gasteiger partial charge is 0.0547 e. The summed E-state index contributed by atoms with van der Waals surface area (Å²) in [6, 6.07) is 0. The van der Waals surface area contributed by atoms with Gasteiger partial charge in [-0.15, -0.1) is 0 Å². The van der Waals surface area contributed by atoms with Crippen LogP contribution >= 0.6 is 12.6 Å². The van der Waals surface area contributed by atoms with Crippen LogP contribution in [-0.4, -0.2) is 18.5 Å². The summed E-state index contributed by atoms with van der Waals surface area (Å²) in [7, 11) is 0. The highest BCUT2D eigenvalue weighted by atomic mass is 32.1. The van der Waals surface area contributed by atoms with Crippen LogP contribution in [-0.2, 0) is 4.74 Å². The summed E-state index contributed by atoms with van der Waals surface area (Å²) in [6.45, 7) is 9.79. The van der Waals surface area contributed by atoms with E-state index in [1.54, 1.807) is 0 Å². The van der Waals surface area contributed by atoms with Crippen molar-refractivity contribution < 1.29 is 4.74 Å². The lowest BCUT2D eigenvalue weighted by Crippen LogP contribution is -2.31. The highest BCUT2D eigenvalue weighted by Gasteiger charge is 2.27. The highest BCUT2D eigenvalue weighted by molar-refractivity contribution is 7.80. The molecule has 0 N–H and O–H groups in total. The lowest BCUT2D eigenvalue weighted by Gasteiger charge is -2.33. The van der Waals surface area contributed by atoms with Crippen LogP contribution < -0.4 is 0 Å². The van der Waals surface area contributed by atoms with E-state index in [0.29, 0.717) is 11.5 Å². The minimum atomic E-state index is 0.314. The topological polar surface area (TPSA) is 9.23 Å². The van der Waals surface area contributed by atoms with Gasteiger partial charge in [0.05, 0.1) is 12.7 Å². The van der Waals surface area contributed by atoms with E-state index in [4.69, 9.17) is 4.74 Å². The Morgan fingerprint density at radius 1 is 1.06 bits per heavy atom. The Morgan fingerprint density at radius 2 is 1.62 bits per heavy atom. The van der Waals surface area contributed by atoms with Crippen molar-refractivity contribution in [3.63, 3.8) is 0 Å². The van der Waals surface area contributed by atoms with Gasteiger partial charge >= 0.3 is 0 Å². The fraction of sp³-hybridized carbons (Fsp3) is 1.00. The maximum atomic E-state index is 6.00. The standard InChI is InChI=1S/C14H30OS/c1-5-8-13(4)15-11-14(12-16,9-6-2)10-7-3/h13,16H,5-12H2,1-4H3. The van der Waals surface area contributed by atoms with Crippen molar-refractivity contribution in [3.05, 3.63) is 0 Å². The monoisotopic (exact) mass is 246 g/mol. The van der Waals surface area contributed by atoms with Gasteiger partial charge in [0, 0.05) is 5.41 Å². The summed E-state index contributed by atoms with van der Waals surface area (Å²) >= 11 is 4.54. The summed E-state index contributed by atoms with van der Waals surface area (Å²) < 4.78 is 6.00. The lowest BCUT2D eigenvalue weighted by atomic mass is 9.82. The molecule has 0 heterocycles. The molecule has 1 atom stereocenters. The molecule has 0 aliphatic rings. The van der Waals surface area contributed by atoms with Gasteiger partial charge in [-0.05, 0) is 31.9 Å². The zero-order valence-corrected chi connectivity index (χ0v) is 12.5. The second kappa shape index (κ2) is 9.35. The quantitative estimate of drug-likeness (QED) is 0.549. The Morgan fingerprint density at radius 3 is 2.00 bits per heavy atom. The van der Waals surface area contributed by atoms with Gasteiger partial charge < -0.3 is 4.74 Å². The molecule has 0 aromatic carbocycles. The van der Waals surface area contributed by atoms with Crippen molar-refractivity contribution in [2.24, 2.45) is 5.41 Å². The number of hydrogen-bond donors (Lipinski definition) is 1. The molecular weight excluding hydrogens is 216 g/mol. The Bertz CT molecular complexity index is 153. The number of thiol groups is 1. The first-order valence-corrected chi connectivity index (χ1v) is 7.49. The zero-order valence-electron chi connectivity index (χ0n) is 11.6. The minimum Gasteiger partial charge on any atom is -0.378 e. The second-order valence-electron chi connectivity index (χ2n) is 5.07. The van der Waals surface area contributed by atoms with E-state index < -0.39 is 0 Å². The molecule has 98 valence electrons. The molecule has 0 spiro atoms. The van der Waals surface area contributed by atoms with Crippen LogP contribution in [0.2, 0.25) is 0 Å². The van der Waals surface area contributed by atoms with E-state index in [9.17, 15) is 0 Å². The predicted molar refractivity (Wildman–Crippen MR) is 76.4 cm³/mol. The molecule has 0 saturated carbocycles. The van der Waals surface area contributed by atoms with Crippen molar-refractivity contribution in [2.75, 3.05) is 12.4 Å². The molecule has 0 amide bonds. The highest BCUT2D eigenvalue weighted by Crippen LogP contribution is 2.32. The molecule has 0 radical (unpaired) electrons. The summed E-state index contributed by atoms with van der Waals surface area (Å²) in [5.41, 5.74) is 0.314. The summed E-state index contributed by atoms with van der Waals surface area (Å²) in [4.78, 5) is 0. The molecular formula is C14H30OS. The fourth-order valence-electron chi connectivity index (χ4n) is 2.34. The second-order valence-corrected chi connectivity index (χ2v) is 5.38. The van der Waals surface area contributed by atoms with Crippen LogP contribution in [0, 0.1) is 5.41 Å². The van der Waals surface area contributed by atoms with Gasteiger partial charge in [0.15, 0.2) is 0 Å². The molecule has 0 aliphatic carbocycles. The van der Waals surface area contributed by atoms with Crippen LogP contribution in [0.15, 0.2) is 0 Å². The zero-order chi connectivity index (χ0) is 12.4. The third-order valence-corrected chi connectivity index (χ3v) is 3.94. The molecule has 0 aliphatic heterocycles. The summed E-state index contributed by atoms with van der Waals surface area (Å²) in [5.74, 6) is 0.952. The Labute approximate surface area is 108 Å². The van der Waals surface area contributed by atoms with Crippen LogP contribution in [0.25, 0.3) is 0 Å². The van der Waals surface area contributed by atoms with E-state index >= 15 is 0 Å². The normalized spacial score (nSPS) is 14.1. The van der Waals surface area contributed by atoms with Gasteiger partial charge in [-0.25, -0.2) is 0 Å². The number of ether oxygens (including phenoxy) is 1. The van der Waals surface area contributed by atoms with Crippen molar-refractivity contribution in [3.8, 4) is 0 Å². The molecule has 0 aromatic heterocycles. The van der Waals surface area contributed by atoms with E-state index in [-0.39, 0.29) is 0 Å². The van der Waals surface area contributed by atoms with Crippen molar-refractivity contribution in [1.82, 2.24) is 0 Å². The summed E-state index contributed by atoms with van der Waals surface area (Å²) in [5, 5.41) is 0. The van der Waals surface area contributed by atoms with E-state index in [1.165, 1.54) is 38.5 Å². The van der Waals surface area contributed by atoms with E-state index in [1.807, 2.05) is 0 Å². The summed E-state index contributed by atoms with van der Waals surface area (Å²) in [6.07, 6.45) is 7.71. The van der Waals surface area contributed by atoms with Crippen LogP contribution in [0.4, 0.5) is 0 Å². The first-order chi connectivity index (χ1) is 7.64. The maximum absolute atomic E-state index is 6.00. The van der Waals surface area contributed by atoms with Gasteiger partial charge in [0.25, 0.3) is 0 Å². The van der Waals surface area contributed by atoms with Gasteiger partial charge in [0.2, 0.25) is 0 Å². The lowest BCUT2D eigenvalue weighted by molar-refractivity contribution is -0.00368. The van der Waals surface area contributed by atoms with Gasteiger partial charge in [-0.1, -0.05) is 40.0 Å². The van der Waals surface area contributed by atoms with E-state index in [2.05, 4.69) is 40.3 Å². The SMILES string of the molecule is CCCC(C)OCC(CS)(CCC)CCC. The van der Waals surface area contributed by atoms with Gasteiger partial charge in [0.1, 0.15) is 0 Å². The molecule has 0 saturated heterocycles. The Balaban J connectivity index is 4.17. The van der Waals surface area contributed by atoms with Crippen molar-refractivity contribution in [1.29, 1.82) is 0 Å². The van der Waals surface area contributed by atoms with Crippen molar-refractivity contribution in [2.45, 2.75) is 72.3 Å². The Hall–Kier alpha value is 0.310. The molecule has 0 aromatic rings. The third kappa shape index (κ3) is 6.15. The predicted octanol–water partition coefficient (Wildman–Crippen LogP) is 4.71.